The first-order valence-corrected chi connectivity index (χ1v) is 14.7. The van der Waals surface area contributed by atoms with Crippen LogP contribution in [-0.4, -0.2) is 54.5 Å². The Balaban J connectivity index is 1.52. The molecular formula is C32H46O6. The van der Waals surface area contributed by atoms with Crippen LogP contribution in [0.15, 0.2) is 48.6 Å². The Kier molecular flexibility index (Phi) is 10.6. The van der Waals surface area contributed by atoms with E-state index >= 15 is 0 Å². The third-order valence-electron chi connectivity index (χ3n) is 9.14. The van der Waals surface area contributed by atoms with E-state index in [2.05, 4.69) is 25.7 Å². The molecule has 0 aromatic carbocycles. The summed E-state index contributed by atoms with van der Waals surface area (Å²) in [6.07, 6.45) is 21.5. The lowest BCUT2D eigenvalue weighted by Crippen LogP contribution is -2.49. The molecule has 5 unspecified atom stereocenters. The van der Waals surface area contributed by atoms with Gasteiger partial charge in [-0.15, -0.1) is 0 Å². The fraction of sp³-hybridized carbons (Fsp3) is 0.688. The van der Waals surface area contributed by atoms with Gasteiger partial charge in [-0.2, -0.15) is 0 Å². The number of esters is 1. The zero-order chi connectivity index (χ0) is 27.0. The molecule has 1 saturated carbocycles. The maximum absolute atomic E-state index is 12.9. The molecule has 0 aromatic rings. The zero-order valence-electron chi connectivity index (χ0n) is 23.0. The number of cyclic esters (lactones) is 1. The maximum atomic E-state index is 12.9. The quantitative estimate of drug-likeness (QED) is 0.283. The monoisotopic (exact) mass is 526 g/mol. The summed E-state index contributed by atoms with van der Waals surface area (Å²) in [6.45, 7) is 7.12. The van der Waals surface area contributed by atoms with Gasteiger partial charge in [-0.05, 0) is 88.4 Å². The Hall–Kier alpha value is -2.02. The fourth-order valence-electron chi connectivity index (χ4n) is 6.35. The number of ether oxygens (including phenoxy) is 3. The Bertz CT molecular complexity index is 900. The summed E-state index contributed by atoms with van der Waals surface area (Å²) in [4.78, 5) is 25.1. The normalized spacial score (nSPS) is 39.2. The first-order chi connectivity index (χ1) is 18.4. The van der Waals surface area contributed by atoms with Gasteiger partial charge in [0.1, 0.15) is 12.4 Å². The van der Waals surface area contributed by atoms with Crippen LogP contribution in [0.1, 0.15) is 84.0 Å². The molecule has 3 heterocycles. The molecule has 210 valence electrons. The molecule has 2 bridgehead atoms. The number of aliphatic hydroxyl groups excluding tert-OH is 1. The predicted octanol–water partition coefficient (Wildman–Crippen LogP) is 5.80. The average Bonchev–Trinajstić information content (AvgIpc) is 2.91. The van der Waals surface area contributed by atoms with Crippen molar-refractivity contribution < 1.29 is 28.9 Å². The van der Waals surface area contributed by atoms with Crippen molar-refractivity contribution in [3.63, 3.8) is 0 Å². The van der Waals surface area contributed by atoms with Crippen LogP contribution in [0.2, 0.25) is 0 Å². The molecule has 1 N–H and O–H groups in total. The van der Waals surface area contributed by atoms with Crippen molar-refractivity contribution in [3.8, 4) is 0 Å². The van der Waals surface area contributed by atoms with Crippen molar-refractivity contribution in [2.24, 2.45) is 17.3 Å². The average molecular weight is 527 g/mol. The van der Waals surface area contributed by atoms with E-state index in [9.17, 15) is 14.7 Å². The Morgan fingerprint density at radius 1 is 1.16 bits per heavy atom. The second kappa shape index (κ2) is 13.9. The lowest BCUT2D eigenvalue weighted by Gasteiger charge is -2.51. The highest BCUT2D eigenvalue weighted by atomic mass is 16.5. The molecule has 8 atom stereocenters. The number of fused-ring (bicyclic) bond motifs is 3. The van der Waals surface area contributed by atoms with Crippen LogP contribution >= 0.6 is 0 Å². The minimum Gasteiger partial charge on any atom is -0.458 e. The van der Waals surface area contributed by atoms with E-state index in [1.807, 2.05) is 12.2 Å². The Morgan fingerprint density at radius 3 is 2.76 bits per heavy atom. The number of hydrogen-bond acceptors (Lipinski definition) is 6. The number of aliphatic hydroxyl groups is 1. The third-order valence-corrected chi connectivity index (χ3v) is 9.14. The van der Waals surface area contributed by atoms with Crippen molar-refractivity contribution in [2.75, 3.05) is 6.61 Å². The Labute approximate surface area is 228 Å². The summed E-state index contributed by atoms with van der Waals surface area (Å²) in [5.41, 5.74) is 0.781. The van der Waals surface area contributed by atoms with Crippen LogP contribution in [0.4, 0.5) is 0 Å². The molecule has 4 aliphatic rings. The van der Waals surface area contributed by atoms with Gasteiger partial charge in [-0.25, -0.2) is 4.79 Å². The van der Waals surface area contributed by atoms with Gasteiger partial charge in [0.25, 0.3) is 0 Å². The molecule has 0 aromatic heterocycles. The molecule has 1 aliphatic carbocycles. The highest BCUT2D eigenvalue weighted by Crippen LogP contribution is 2.53. The molecule has 3 aliphatic heterocycles. The van der Waals surface area contributed by atoms with Gasteiger partial charge >= 0.3 is 5.97 Å². The SMILES string of the molecule is C=C1CCC[C@@H]2CC=CC(C/C=C\C(=O)OC(C(C=O)/C=C/C3CCCCO3)C[C@@H]3CCC3(C)[C@@H](O)C1)O2. The van der Waals surface area contributed by atoms with Crippen LogP contribution in [-0.2, 0) is 23.8 Å². The molecule has 6 nitrogen and oxygen atoms in total. The summed E-state index contributed by atoms with van der Waals surface area (Å²) in [5, 5.41) is 11.3. The smallest absolute Gasteiger partial charge is 0.330 e. The van der Waals surface area contributed by atoms with Gasteiger partial charge in [-0.1, -0.05) is 49.5 Å². The summed E-state index contributed by atoms with van der Waals surface area (Å²) in [7, 11) is 0. The van der Waals surface area contributed by atoms with Crippen molar-refractivity contribution in [2.45, 2.75) is 114 Å². The van der Waals surface area contributed by atoms with E-state index < -0.39 is 24.1 Å². The van der Waals surface area contributed by atoms with E-state index in [4.69, 9.17) is 14.2 Å². The van der Waals surface area contributed by atoms with Gasteiger partial charge in [0, 0.05) is 12.7 Å². The van der Waals surface area contributed by atoms with Crippen molar-refractivity contribution in [1.29, 1.82) is 0 Å². The van der Waals surface area contributed by atoms with Gasteiger partial charge in [0.2, 0.25) is 0 Å². The van der Waals surface area contributed by atoms with E-state index in [1.165, 1.54) is 6.08 Å². The molecule has 0 amide bonds. The lowest BCUT2D eigenvalue weighted by molar-refractivity contribution is -0.151. The maximum Gasteiger partial charge on any atom is 0.330 e. The number of hydrogen-bond donors (Lipinski definition) is 1. The van der Waals surface area contributed by atoms with Crippen LogP contribution in [0.25, 0.3) is 0 Å². The van der Waals surface area contributed by atoms with Crippen LogP contribution in [0.5, 0.6) is 0 Å². The van der Waals surface area contributed by atoms with Gasteiger partial charge < -0.3 is 24.1 Å². The highest BCUT2D eigenvalue weighted by Gasteiger charge is 2.49. The second-order valence-electron chi connectivity index (χ2n) is 11.9. The molecule has 0 radical (unpaired) electrons. The summed E-state index contributed by atoms with van der Waals surface area (Å²) < 4.78 is 18.0. The van der Waals surface area contributed by atoms with Crippen molar-refractivity contribution in [1.82, 2.24) is 0 Å². The number of carbonyl (C=O) groups excluding carboxylic acids is 2. The van der Waals surface area contributed by atoms with Crippen LogP contribution in [0, 0.1) is 17.3 Å². The fourth-order valence-corrected chi connectivity index (χ4v) is 6.35. The molecule has 2 fully saturated rings. The molecule has 0 spiro atoms. The topological polar surface area (TPSA) is 82.1 Å². The van der Waals surface area contributed by atoms with Gasteiger partial charge in [-0.3, -0.25) is 0 Å². The van der Waals surface area contributed by atoms with E-state index in [1.54, 1.807) is 6.08 Å². The zero-order valence-corrected chi connectivity index (χ0v) is 23.0. The minimum absolute atomic E-state index is 0.00446. The van der Waals surface area contributed by atoms with Crippen LogP contribution < -0.4 is 0 Å². The first kappa shape index (κ1) is 29.0. The van der Waals surface area contributed by atoms with Crippen molar-refractivity contribution >= 4 is 12.3 Å². The number of rotatable bonds is 4. The van der Waals surface area contributed by atoms with E-state index in [0.717, 1.165) is 76.3 Å². The van der Waals surface area contributed by atoms with Gasteiger partial charge in [0.05, 0.1) is 30.3 Å². The molecule has 1 saturated heterocycles. The van der Waals surface area contributed by atoms with Gasteiger partial charge in [0.15, 0.2) is 0 Å². The van der Waals surface area contributed by atoms with E-state index in [-0.39, 0.29) is 29.6 Å². The first-order valence-electron chi connectivity index (χ1n) is 14.7. The number of carbonyl (C=O) groups is 2. The predicted molar refractivity (Wildman–Crippen MR) is 147 cm³/mol. The van der Waals surface area contributed by atoms with Crippen molar-refractivity contribution in [3.05, 3.63) is 48.6 Å². The molecule has 4 rings (SSSR count). The summed E-state index contributed by atoms with van der Waals surface area (Å²) in [5.74, 6) is -0.854. The van der Waals surface area contributed by atoms with Crippen LogP contribution in [0.3, 0.4) is 0 Å². The highest BCUT2D eigenvalue weighted by molar-refractivity contribution is 5.82. The molecule has 6 heteroatoms. The summed E-state index contributed by atoms with van der Waals surface area (Å²) in [6, 6.07) is 0. The standard InChI is InChI=1S/C32H46O6/c1-23-8-5-10-27-11-6-12-28(37-27)13-7-14-31(35)38-29(21-25-17-18-32(25,2)30(34)20-23)24(22-33)15-16-26-9-3-4-19-36-26/h6-7,12,14-16,22,24-30,34H,1,3-5,8-11,13,17-21H2,2H3/b14-7-,16-15+/t24?,25-,26?,27+,28?,29?,30-,32?/m0/s1. The third kappa shape index (κ3) is 7.77. The lowest BCUT2D eigenvalue weighted by atomic mass is 9.55. The largest absolute Gasteiger partial charge is 0.458 e. The second-order valence-corrected chi connectivity index (χ2v) is 11.9. The minimum atomic E-state index is -0.599. The molecule has 38 heavy (non-hydrogen) atoms. The summed E-state index contributed by atoms with van der Waals surface area (Å²) >= 11 is 0. The number of aldehydes is 1. The molecular weight excluding hydrogens is 480 g/mol. The Morgan fingerprint density at radius 2 is 2.03 bits per heavy atom. The van der Waals surface area contributed by atoms with E-state index in [0.29, 0.717) is 19.3 Å².